The fraction of sp³-hybridized carbons (Fsp3) is 0.455. The molecule has 1 unspecified atom stereocenters. The maximum atomic E-state index is 13.6. The Kier molecular flexibility index (Phi) is 4.93. The van der Waals surface area contributed by atoms with E-state index < -0.39 is 0 Å². The highest BCUT2D eigenvalue weighted by atomic mass is 35.5. The summed E-state index contributed by atoms with van der Waals surface area (Å²) in [5, 5.41) is 5.50. The molecule has 4 heterocycles. The summed E-state index contributed by atoms with van der Waals surface area (Å²) >= 11 is 12.4. The van der Waals surface area contributed by atoms with E-state index in [2.05, 4.69) is 11.4 Å². The SMILES string of the molecule is O=C(c1cc2c(n1-c1ccc(Cl)c(Cl)c1)=NCCC=2)N1CCC2(CCCNC2)C1. The summed E-state index contributed by atoms with van der Waals surface area (Å²) in [5.74, 6) is 0.0662. The summed E-state index contributed by atoms with van der Waals surface area (Å²) in [7, 11) is 0. The van der Waals surface area contributed by atoms with Crippen LogP contribution in [0, 0.1) is 5.41 Å². The van der Waals surface area contributed by atoms with E-state index in [9.17, 15) is 4.79 Å². The van der Waals surface area contributed by atoms with Crippen LogP contribution in [0.2, 0.25) is 10.0 Å². The van der Waals surface area contributed by atoms with Gasteiger partial charge in [0.1, 0.15) is 11.2 Å². The van der Waals surface area contributed by atoms with Crippen LogP contribution in [0.5, 0.6) is 0 Å². The van der Waals surface area contributed by atoms with Crippen LogP contribution in [0.4, 0.5) is 0 Å². The van der Waals surface area contributed by atoms with Crippen LogP contribution in [0.25, 0.3) is 11.8 Å². The Morgan fingerprint density at radius 3 is 2.86 bits per heavy atom. The Bertz CT molecular complexity index is 1080. The molecule has 2 aromatic rings. The van der Waals surface area contributed by atoms with Gasteiger partial charge in [-0.15, -0.1) is 0 Å². The zero-order chi connectivity index (χ0) is 20.0. The number of aromatic nitrogens is 1. The molecular weight excluding hydrogens is 407 g/mol. The third kappa shape index (κ3) is 3.39. The number of nitrogens with one attached hydrogen (secondary N) is 1. The molecule has 1 aromatic heterocycles. The topological polar surface area (TPSA) is 49.6 Å². The number of piperidine rings is 1. The third-order valence-corrected chi connectivity index (χ3v) is 7.16. The van der Waals surface area contributed by atoms with Gasteiger partial charge in [0.25, 0.3) is 5.91 Å². The van der Waals surface area contributed by atoms with Gasteiger partial charge in [0, 0.05) is 42.5 Å². The van der Waals surface area contributed by atoms with Crippen molar-refractivity contribution in [2.75, 3.05) is 32.7 Å². The zero-order valence-electron chi connectivity index (χ0n) is 16.3. The van der Waals surface area contributed by atoms with E-state index in [0.29, 0.717) is 15.7 Å². The molecule has 2 fully saturated rings. The quantitative estimate of drug-likeness (QED) is 0.795. The Labute approximate surface area is 180 Å². The summed E-state index contributed by atoms with van der Waals surface area (Å²) in [4.78, 5) is 20.3. The first-order valence-corrected chi connectivity index (χ1v) is 11.0. The molecule has 152 valence electrons. The lowest BCUT2D eigenvalue weighted by Gasteiger charge is -2.33. The largest absolute Gasteiger partial charge is 0.337 e. The number of halogens is 2. The van der Waals surface area contributed by atoms with E-state index in [4.69, 9.17) is 28.2 Å². The molecule has 29 heavy (non-hydrogen) atoms. The number of nitrogens with zero attached hydrogens (tertiary/aromatic N) is 3. The van der Waals surface area contributed by atoms with E-state index >= 15 is 0 Å². The van der Waals surface area contributed by atoms with Crippen molar-refractivity contribution < 1.29 is 4.79 Å². The lowest BCUT2D eigenvalue weighted by molar-refractivity contribution is 0.0756. The van der Waals surface area contributed by atoms with Crippen LogP contribution in [0.1, 0.15) is 36.2 Å². The Morgan fingerprint density at radius 2 is 2.07 bits per heavy atom. The molecule has 1 amide bonds. The number of hydrogen-bond donors (Lipinski definition) is 1. The van der Waals surface area contributed by atoms with Crippen LogP contribution in [0.15, 0.2) is 29.3 Å². The molecule has 1 atom stereocenters. The monoisotopic (exact) mass is 430 g/mol. The molecule has 2 saturated heterocycles. The van der Waals surface area contributed by atoms with Crippen molar-refractivity contribution in [3.63, 3.8) is 0 Å². The number of carbonyl (C=O) groups excluding carboxylic acids is 1. The van der Waals surface area contributed by atoms with Gasteiger partial charge in [0.15, 0.2) is 0 Å². The molecule has 0 aliphatic carbocycles. The normalized spacial score (nSPS) is 23.6. The summed E-state index contributed by atoms with van der Waals surface area (Å²) in [5.41, 5.74) is 2.52. The van der Waals surface area contributed by atoms with E-state index in [1.807, 2.05) is 27.7 Å². The molecular formula is C22H24Cl2N4O. The smallest absolute Gasteiger partial charge is 0.270 e. The number of hydrogen-bond acceptors (Lipinski definition) is 3. The fourth-order valence-electron chi connectivity index (χ4n) is 4.91. The van der Waals surface area contributed by atoms with Crippen molar-refractivity contribution in [1.29, 1.82) is 0 Å². The van der Waals surface area contributed by atoms with Crippen molar-refractivity contribution in [1.82, 2.24) is 14.8 Å². The van der Waals surface area contributed by atoms with Crippen molar-refractivity contribution in [3.05, 3.63) is 50.7 Å². The first kappa shape index (κ1) is 19.2. The Morgan fingerprint density at radius 1 is 1.17 bits per heavy atom. The van der Waals surface area contributed by atoms with E-state index in [0.717, 1.165) is 62.0 Å². The van der Waals surface area contributed by atoms with Gasteiger partial charge in [-0.05, 0) is 56.5 Å². The highest BCUT2D eigenvalue weighted by Gasteiger charge is 2.41. The molecule has 7 heteroatoms. The summed E-state index contributed by atoms with van der Waals surface area (Å²) in [6.45, 7) is 4.43. The van der Waals surface area contributed by atoms with Gasteiger partial charge in [0.05, 0.1) is 10.0 Å². The fourth-order valence-corrected chi connectivity index (χ4v) is 5.21. The lowest BCUT2D eigenvalue weighted by atomic mass is 9.80. The average molecular weight is 431 g/mol. The summed E-state index contributed by atoms with van der Waals surface area (Å²) < 4.78 is 1.94. The molecule has 5 nitrogen and oxygen atoms in total. The number of carbonyl (C=O) groups is 1. The number of benzene rings is 1. The minimum atomic E-state index is 0.0662. The predicted molar refractivity (Wildman–Crippen MR) is 116 cm³/mol. The van der Waals surface area contributed by atoms with Gasteiger partial charge >= 0.3 is 0 Å². The Hall–Kier alpha value is -1.82. The van der Waals surface area contributed by atoms with Gasteiger partial charge < -0.3 is 10.2 Å². The summed E-state index contributed by atoms with van der Waals surface area (Å²) in [6.07, 6.45) is 6.49. The van der Waals surface area contributed by atoms with Crippen molar-refractivity contribution in [3.8, 4) is 5.69 Å². The maximum Gasteiger partial charge on any atom is 0.270 e. The zero-order valence-corrected chi connectivity index (χ0v) is 17.8. The van der Waals surface area contributed by atoms with Crippen LogP contribution < -0.4 is 16.0 Å². The minimum Gasteiger partial charge on any atom is -0.337 e. The number of amides is 1. The van der Waals surface area contributed by atoms with Crippen LogP contribution in [-0.2, 0) is 0 Å². The molecule has 0 bridgehead atoms. The number of fused-ring (bicyclic) bond motifs is 1. The van der Waals surface area contributed by atoms with Gasteiger partial charge in [-0.3, -0.25) is 14.4 Å². The standard InChI is InChI=1S/C22H24Cl2N4O/c23-17-5-4-16(12-18(17)24)28-19(11-15-3-1-9-26-20(15)28)21(29)27-10-7-22(14-27)6-2-8-25-13-22/h3-5,11-12,25H,1-2,6-10,13-14H2. The molecule has 3 aliphatic heterocycles. The third-order valence-electron chi connectivity index (χ3n) is 6.42. The van der Waals surface area contributed by atoms with Gasteiger partial charge in [-0.2, -0.15) is 0 Å². The van der Waals surface area contributed by atoms with E-state index in [1.165, 1.54) is 12.8 Å². The first-order chi connectivity index (χ1) is 14.1. The van der Waals surface area contributed by atoms with Crippen molar-refractivity contribution >= 4 is 35.2 Å². The van der Waals surface area contributed by atoms with E-state index in [1.54, 1.807) is 6.07 Å². The molecule has 5 rings (SSSR count). The average Bonchev–Trinajstić information content (AvgIpc) is 3.32. The van der Waals surface area contributed by atoms with Crippen LogP contribution in [-0.4, -0.2) is 48.1 Å². The molecule has 0 saturated carbocycles. The Balaban J connectivity index is 1.56. The number of likely N-dealkylation sites (tertiary alicyclic amines) is 1. The second-order valence-corrected chi connectivity index (χ2v) is 9.19. The molecule has 1 aromatic carbocycles. The number of rotatable bonds is 2. The van der Waals surface area contributed by atoms with E-state index in [-0.39, 0.29) is 11.3 Å². The van der Waals surface area contributed by atoms with Crippen LogP contribution in [0.3, 0.4) is 0 Å². The predicted octanol–water partition coefficient (Wildman–Crippen LogP) is 2.80. The second-order valence-electron chi connectivity index (χ2n) is 8.37. The van der Waals surface area contributed by atoms with Gasteiger partial charge in [-0.1, -0.05) is 29.3 Å². The maximum absolute atomic E-state index is 13.6. The highest BCUT2D eigenvalue weighted by molar-refractivity contribution is 6.42. The molecule has 1 N–H and O–H groups in total. The van der Waals surface area contributed by atoms with Gasteiger partial charge in [0.2, 0.25) is 0 Å². The van der Waals surface area contributed by atoms with Crippen molar-refractivity contribution in [2.24, 2.45) is 10.4 Å². The lowest BCUT2D eigenvalue weighted by Crippen LogP contribution is -2.43. The highest BCUT2D eigenvalue weighted by Crippen LogP contribution is 2.37. The summed E-state index contributed by atoms with van der Waals surface area (Å²) in [6, 6.07) is 7.45. The van der Waals surface area contributed by atoms with Crippen molar-refractivity contribution in [2.45, 2.75) is 25.7 Å². The first-order valence-electron chi connectivity index (χ1n) is 10.3. The second kappa shape index (κ2) is 7.46. The minimum absolute atomic E-state index is 0.0662. The van der Waals surface area contributed by atoms with Gasteiger partial charge in [-0.25, -0.2) is 0 Å². The molecule has 3 aliphatic rings. The molecule has 0 radical (unpaired) electrons. The molecule has 1 spiro atoms. The van der Waals surface area contributed by atoms with Crippen LogP contribution >= 0.6 is 23.2 Å².